The smallest absolute Gasteiger partial charge is 0.225 e. The van der Waals surface area contributed by atoms with Crippen LogP contribution >= 0.6 is 11.6 Å². The molecular formula is C15H18ClN3O2. The summed E-state index contributed by atoms with van der Waals surface area (Å²) >= 11 is 6.05. The molecular weight excluding hydrogens is 290 g/mol. The highest BCUT2D eigenvalue weighted by atomic mass is 35.5. The van der Waals surface area contributed by atoms with Crippen LogP contribution in [0.1, 0.15) is 13.8 Å². The predicted molar refractivity (Wildman–Crippen MR) is 83.8 cm³/mol. The Bertz CT molecular complexity index is 615. The van der Waals surface area contributed by atoms with E-state index in [9.17, 15) is 5.11 Å². The zero-order valence-electron chi connectivity index (χ0n) is 12.2. The van der Waals surface area contributed by atoms with Crippen LogP contribution in [0.3, 0.4) is 0 Å². The van der Waals surface area contributed by atoms with Crippen LogP contribution in [0.4, 0.5) is 5.95 Å². The van der Waals surface area contributed by atoms with Crippen molar-refractivity contribution in [2.75, 3.05) is 19.0 Å². The van der Waals surface area contributed by atoms with E-state index in [0.717, 1.165) is 11.3 Å². The molecule has 0 aliphatic rings. The number of methoxy groups -OCH3 is 1. The van der Waals surface area contributed by atoms with E-state index in [1.165, 1.54) is 0 Å². The summed E-state index contributed by atoms with van der Waals surface area (Å²) in [6.45, 7) is 3.66. The Kier molecular flexibility index (Phi) is 4.65. The SMILES string of the molecule is COc1ccc(-c2cc(Cl)nc(NC(C)(C)CO)n2)cc1. The molecule has 112 valence electrons. The third kappa shape index (κ3) is 4.06. The van der Waals surface area contributed by atoms with Crippen molar-refractivity contribution >= 4 is 17.5 Å². The fourth-order valence-corrected chi connectivity index (χ4v) is 1.91. The number of anilines is 1. The lowest BCUT2D eigenvalue weighted by Gasteiger charge is -2.23. The normalized spacial score (nSPS) is 11.3. The third-order valence-corrected chi connectivity index (χ3v) is 3.12. The van der Waals surface area contributed by atoms with Gasteiger partial charge in [0.1, 0.15) is 10.9 Å². The molecule has 1 aromatic carbocycles. The molecule has 0 radical (unpaired) electrons. The predicted octanol–water partition coefficient (Wildman–Crippen LogP) is 2.99. The fourth-order valence-electron chi connectivity index (χ4n) is 1.73. The molecule has 1 heterocycles. The van der Waals surface area contributed by atoms with Crippen molar-refractivity contribution in [3.05, 3.63) is 35.5 Å². The van der Waals surface area contributed by atoms with E-state index in [-0.39, 0.29) is 6.61 Å². The van der Waals surface area contributed by atoms with Gasteiger partial charge in [0.05, 0.1) is 24.9 Å². The van der Waals surface area contributed by atoms with Crippen LogP contribution in [0.2, 0.25) is 5.15 Å². The highest BCUT2D eigenvalue weighted by molar-refractivity contribution is 6.29. The van der Waals surface area contributed by atoms with Gasteiger partial charge in [0.15, 0.2) is 0 Å². The average molecular weight is 308 g/mol. The number of aromatic nitrogens is 2. The van der Waals surface area contributed by atoms with E-state index in [2.05, 4.69) is 15.3 Å². The molecule has 2 rings (SSSR count). The molecule has 0 aliphatic carbocycles. The van der Waals surface area contributed by atoms with Gasteiger partial charge < -0.3 is 15.2 Å². The molecule has 0 aliphatic heterocycles. The highest BCUT2D eigenvalue weighted by Gasteiger charge is 2.18. The van der Waals surface area contributed by atoms with E-state index in [0.29, 0.717) is 16.8 Å². The number of benzene rings is 1. The molecule has 0 saturated carbocycles. The number of aliphatic hydroxyl groups is 1. The van der Waals surface area contributed by atoms with Gasteiger partial charge in [-0.15, -0.1) is 0 Å². The second-order valence-corrected chi connectivity index (χ2v) is 5.68. The van der Waals surface area contributed by atoms with Gasteiger partial charge in [-0.1, -0.05) is 11.6 Å². The van der Waals surface area contributed by atoms with Gasteiger partial charge in [-0.05, 0) is 38.1 Å². The van der Waals surface area contributed by atoms with Crippen molar-refractivity contribution in [2.45, 2.75) is 19.4 Å². The van der Waals surface area contributed by atoms with Gasteiger partial charge >= 0.3 is 0 Å². The molecule has 0 amide bonds. The first-order valence-electron chi connectivity index (χ1n) is 6.51. The molecule has 2 aromatic rings. The zero-order valence-corrected chi connectivity index (χ0v) is 13.0. The first-order valence-corrected chi connectivity index (χ1v) is 6.89. The molecule has 21 heavy (non-hydrogen) atoms. The summed E-state index contributed by atoms with van der Waals surface area (Å²) in [4.78, 5) is 8.57. The summed E-state index contributed by atoms with van der Waals surface area (Å²) in [6.07, 6.45) is 0. The average Bonchev–Trinajstić information content (AvgIpc) is 2.46. The van der Waals surface area contributed by atoms with Crippen LogP contribution < -0.4 is 10.1 Å². The van der Waals surface area contributed by atoms with Gasteiger partial charge in [-0.2, -0.15) is 0 Å². The molecule has 0 saturated heterocycles. The van der Waals surface area contributed by atoms with E-state index in [1.54, 1.807) is 13.2 Å². The van der Waals surface area contributed by atoms with Crippen molar-refractivity contribution in [1.29, 1.82) is 0 Å². The summed E-state index contributed by atoms with van der Waals surface area (Å²) in [6, 6.07) is 9.21. The molecule has 5 nitrogen and oxygen atoms in total. The maximum absolute atomic E-state index is 9.30. The summed E-state index contributed by atoms with van der Waals surface area (Å²) in [7, 11) is 1.62. The monoisotopic (exact) mass is 307 g/mol. The van der Waals surface area contributed by atoms with Gasteiger partial charge in [0.25, 0.3) is 0 Å². The highest BCUT2D eigenvalue weighted by Crippen LogP contribution is 2.24. The van der Waals surface area contributed by atoms with Crippen LogP contribution in [0.5, 0.6) is 5.75 Å². The summed E-state index contributed by atoms with van der Waals surface area (Å²) in [5, 5.41) is 12.7. The molecule has 0 fully saturated rings. The lowest BCUT2D eigenvalue weighted by Crippen LogP contribution is -2.35. The second-order valence-electron chi connectivity index (χ2n) is 5.30. The Morgan fingerprint density at radius 3 is 2.48 bits per heavy atom. The van der Waals surface area contributed by atoms with Gasteiger partial charge in [-0.3, -0.25) is 0 Å². The molecule has 0 unspecified atom stereocenters. The van der Waals surface area contributed by atoms with E-state index in [4.69, 9.17) is 16.3 Å². The first-order chi connectivity index (χ1) is 9.93. The minimum atomic E-state index is -0.526. The maximum atomic E-state index is 9.30. The van der Waals surface area contributed by atoms with Crippen molar-refractivity contribution < 1.29 is 9.84 Å². The van der Waals surface area contributed by atoms with Crippen LogP contribution in [-0.2, 0) is 0 Å². The molecule has 6 heteroatoms. The van der Waals surface area contributed by atoms with Crippen LogP contribution in [0, 0.1) is 0 Å². The van der Waals surface area contributed by atoms with E-state index < -0.39 is 5.54 Å². The largest absolute Gasteiger partial charge is 0.497 e. The molecule has 0 bridgehead atoms. The number of nitrogens with one attached hydrogen (secondary N) is 1. The quantitative estimate of drug-likeness (QED) is 0.831. The number of halogens is 1. The lowest BCUT2D eigenvalue weighted by molar-refractivity contribution is 0.233. The molecule has 2 N–H and O–H groups in total. The Hall–Kier alpha value is -1.85. The van der Waals surface area contributed by atoms with Gasteiger partial charge in [0.2, 0.25) is 5.95 Å². The summed E-state index contributed by atoms with van der Waals surface area (Å²) in [5.41, 5.74) is 1.08. The van der Waals surface area contributed by atoms with Gasteiger partial charge in [-0.25, -0.2) is 9.97 Å². The second kappa shape index (κ2) is 6.28. The Morgan fingerprint density at radius 1 is 1.24 bits per heavy atom. The lowest BCUT2D eigenvalue weighted by atomic mass is 10.1. The number of nitrogens with zero attached hydrogens (tertiary/aromatic N) is 2. The van der Waals surface area contributed by atoms with Crippen LogP contribution in [0.15, 0.2) is 30.3 Å². The van der Waals surface area contributed by atoms with Gasteiger partial charge in [0, 0.05) is 11.6 Å². The number of ether oxygens (including phenoxy) is 1. The fraction of sp³-hybridized carbons (Fsp3) is 0.333. The summed E-state index contributed by atoms with van der Waals surface area (Å²) < 4.78 is 5.13. The number of hydrogen-bond acceptors (Lipinski definition) is 5. The van der Waals surface area contributed by atoms with Crippen molar-refractivity contribution in [3.8, 4) is 17.0 Å². The Labute approximate surface area is 129 Å². The maximum Gasteiger partial charge on any atom is 0.225 e. The molecule has 0 spiro atoms. The minimum absolute atomic E-state index is 0.0409. The first kappa shape index (κ1) is 15.5. The van der Waals surface area contributed by atoms with E-state index >= 15 is 0 Å². The Morgan fingerprint density at radius 2 is 1.90 bits per heavy atom. The van der Waals surface area contributed by atoms with E-state index in [1.807, 2.05) is 38.1 Å². The third-order valence-electron chi connectivity index (χ3n) is 2.93. The minimum Gasteiger partial charge on any atom is -0.497 e. The van der Waals surface area contributed by atoms with Crippen LogP contribution in [0.25, 0.3) is 11.3 Å². The zero-order chi connectivity index (χ0) is 15.5. The van der Waals surface area contributed by atoms with Crippen molar-refractivity contribution in [3.63, 3.8) is 0 Å². The summed E-state index contributed by atoms with van der Waals surface area (Å²) in [5.74, 6) is 1.16. The molecule has 0 atom stereocenters. The number of hydrogen-bond donors (Lipinski definition) is 2. The topological polar surface area (TPSA) is 67.3 Å². The number of aliphatic hydroxyl groups excluding tert-OH is 1. The standard InChI is InChI=1S/C15H18ClN3O2/c1-15(2,9-20)19-14-17-12(8-13(16)18-14)10-4-6-11(21-3)7-5-10/h4-8,20H,9H2,1-3H3,(H,17,18,19). The molecule has 1 aromatic heterocycles. The Balaban J connectivity index is 2.33. The van der Waals surface area contributed by atoms with Crippen LogP contribution in [-0.4, -0.2) is 34.3 Å². The van der Waals surface area contributed by atoms with Crippen molar-refractivity contribution in [1.82, 2.24) is 9.97 Å². The number of rotatable bonds is 5. The van der Waals surface area contributed by atoms with Crippen molar-refractivity contribution in [2.24, 2.45) is 0 Å².